The molecule has 104 valence electrons. The summed E-state index contributed by atoms with van der Waals surface area (Å²) in [4.78, 5) is 12.8. The third-order valence-corrected chi connectivity index (χ3v) is 4.70. The zero-order chi connectivity index (χ0) is 14.1. The zero-order valence-corrected chi connectivity index (χ0v) is 13.2. The van der Waals surface area contributed by atoms with Crippen LogP contribution in [0.4, 0.5) is 11.4 Å². The second-order valence-electron chi connectivity index (χ2n) is 4.55. The molecule has 1 aliphatic rings. The van der Waals surface area contributed by atoms with E-state index in [4.69, 9.17) is 4.74 Å². The first-order valence-electron chi connectivity index (χ1n) is 6.20. The minimum absolute atomic E-state index is 0.114. The van der Waals surface area contributed by atoms with Gasteiger partial charge in [-0.25, -0.2) is 0 Å². The molecule has 3 rings (SSSR count). The summed E-state index contributed by atoms with van der Waals surface area (Å²) < 4.78 is 6.62. The van der Waals surface area contributed by atoms with Gasteiger partial charge in [-0.3, -0.25) is 4.79 Å². The lowest BCUT2D eigenvalue weighted by Gasteiger charge is -2.23. The Morgan fingerprint density at radius 2 is 2.30 bits per heavy atom. The van der Waals surface area contributed by atoms with Crippen LogP contribution in [0.2, 0.25) is 0 Å². The quantitative estimate of drug-likeness (QED) is 0.882. The topological polar surface area (TPSA) is 50.4 Å². The van der Waals surface area contributed by atoms with Crippen molar-refractivity contribution in [3.63, 3.8) is 0 Å². The van der Waals surface area contributed by atoms with Gasteiger partial charge in [0.05, 0.1) is 5.69 Å². The molecule has 0 aliphatic carbocycles. The van der Waals surface area contributed by atoms with Gasteiger partial charge in [-0.2, -0.15) is 0 Å². The van der Waals surface area contributed by atoms with Crippen LogP contribution >= 0.6 is 27.3 Å². The largest absolute Gasteiger partial charge is 0.479 e. The Morgan fingerprint density at radius 1 is 1.45 bits per heavy atom. The third-order valence-electron chi connectivity index (χ3n) is 3.00. The van der Waals surface area contributed by atoms with E-state index in [0.717, 1.165) is 16.7 Å². The summed E-state index contributed by atoms with van der Waals surface area (Å²) in [6, 6.07) is 7.80. The molecule has 0 spiro atoms. The van der Waals surface area contributed by atoms with Gasteiger partial charge in [0, 0.05) is 27.0 Å². The normalized spacial score (nSPS) is 17.1. The van der Waals surface area contributed by atoms with Crippen molar-refractivity contribution >= 4 is 44.5 Å². The number of hydrogen-bond donors (Lipinski definition) is 2. The molecule has 0 fully saturated rings. The number of ether oxygens (including phenoxy) is 1. The number of carbonyl (C=O) groups excluding carboxylic acids is 1. The second kappa shape index (κ2) is 5.46. The Labute approximate surface area is 129 Å². The number of fused-ring (bicyclic) bond motifs is 1. The predicted octanol–water partition coefficient (Wildman–Crippen LogP) is 3.84. The summed E-state index contributed by atoms with van der Waals surface area (Å²) in [6.07, 6.45) is -0.440. The number of nitrogens with one attached hydrogen (secondary N) is 2. The van der Waals surface area contributed by atoms with Crippen molar-refractivity contribution in [3.8, 4) is 5.75 Å². The maximum atomic E-state index is 11.6. The number of carbonyl (C=O) groups is 1. The third kappa shape index (κ3) is 2.81. The lowest BCUT2D eigenvalue weighted by atomic mass is 10.2. The van der Waals surface area contributed by atoms with Gasteiger partial charge in [0.1, 0.15) is 5.75 Å². The molecule has 0 saturated carbocycles. The van der Waals surface area contributed by atoms with Gasteiger partial charge in [-0.15, -0.1) is 11.3 Å². The molecule has 1 aromatic heterocycles. The zero-order valence-electron chi connectivity index (χ0n) is 10.8. The average Bonchev–Trinajstić information content (AvgIpc) is 2.84. The minimum Gasteiger partial charge on any atom is -0.479 e. The number of benzene rings is 1. The van der Waals surface area contributed by atoms with E-state index in [1.165, 1.54) is 4.88 Å². The molecule has 1 atom stereocenters. The SMILES string of the molecule is CC1Oc2ccc(NCc3cc(Br)cs3)cc2NC1=O. The van der Waals surface area contributed by atoms with E-state index in [-0.39, 0.29) is 5.91 Å². The van der Waals surface area contributed by atoms with Gasteiger partial charge in [0.2, 0.25) is 0 Å². The highest BCUT2D eigenvalue weighted by Crippen LogP contribution is 2.32. The molecule has 4 nitrogen and oxygen atoms in total. The Bertz CT molecular complexity index is 656. The van der Waals surface area contributed by atoms with Crippen molar-refractivity contribution in [2.24, 2.45) is 0 Å². The molecule has 0 bridgehead atoms. The van der Waals surface area contributed by atoms with Gasteiger partial charge >= 0.3 is 0 Å². The van der Waals surface area contributed by atoms with Crippen LogP contribution < -0.4 is 15.4 Å². The Morgan fingerprint density at radius 3 is 3.05 bits per heavy atom. The smallest absolute Gasteiger partial charge is 0.265 e. The standard InChI is InChI=1S/C14H13BrN2O2S/c1-8-14(18)17-12-5-10(2-3-13(12)19-8)16-6-11-4-9(15)7-20-11/h2-5,7-8,16H,6H2,1H3,(H,17,18). The monoisotopic (exact) mass is 352 g/mol. The van der Waals surface area contributed by atoms with Crippen LogP contribution in [0, 0.1) is 0 Å². The Hall–Kier alpha value is -1.53. The molecule has 1 amide bonds. The van der Waals surface area contributed by atoms with Crippen LogP contribution in [0.3, 0.4) is 0 Å². The van der Waals surface area contributed by atoms with Crippen LogP contribution in [0.25, 0.3) is 0 Å². The van der Waals surface area contributed by atoms with Crippen molar-refractivity contribution in [1.82, 2.24) is 0 Å². The van der Waals surface area contributed by atoms with Gasteiger partial charge < -0.3 is 15.4 Å². The van der Waals surface area contributed by atoms with E-state index < -0.39 is 6.10 Å². The van der Waals surface area contributed by atoms with Crippen LogP contribution in [-0.4, -0.2) is 12.0 Å². The molecular formula is C14H13BrN2O2S. The maximum Gasteiger partial charge on any atom is 0.265 e. The molecule has 0 saturated heterocycles. The van der Waals surface area contributed by atoms with E-state index in [9.17, 15) is 4.79 Å². The first kappa shape index (κ1) is 13.5. The van der Waals surface area contributed by atoms with Crippen LogP contribution in [0.5, 0.6) is 5.75 Å². The first-order valence-corrected chi connectivity index (χ1v) is 7.87. The molecule has 1 unspecified atom stereocenters. The van der Waals surface area contributed by atoms with Crippen LogP contribution in [-0.2, 0) is 11.3 Å². The summed E-state index contributed by atoms with van der Waals surface area (Å²) in [5.74, 6) is 0.596. The van der Waals surface area contributed by atoms with Crippen molar-refractivity contribution in [3.05, 3.63) is 39.0 Å². The molecule has 2 N–H and O–H groups in total. The predicted molar refractivity (Wildman–Crippen MR) is 84.5 cm³/mol. The van der Waals surface area contributed by atoms with Gasteiger partial charge in [-0.1, -0.05) is 0 Å². The van der Waals surface area contributed by atoms with E-state index in [2.05, 4.69) is 38.0 Å². The molecule has 2 heterocycles. The molecule has 2 aromatic rings. The molecular weight excluding hydrogens is 340 g/mol. The fourth-order valence-electron chi connectivity index (χ4n) is 1.95. The van der Waals surface area contributed by atoms with Crippen molar-refractivity contribution in [1.29, 1.82) is 0 Å². The highest BCUT2D eigenvalue weighted by atomic mass is 79.9. The summed E-state index contributed by atoms with van der Waals surface area (Å²) in [7, 11) is 0. The number of hydrogen-bond acceptors (Lipinski definition) is 4. The lowest BCUT2D eigenvalue weighted by molar-refractivity contribution is -0.122. The van der Waals surface area contributed by atoms with E-state index in [1.807, 2.05) is 18.2 Å². The van der Waals surface area contributed by atoms with Crippen molar-refractivity contribution in [2.45, 2.75) is 19.6 Å². The summed E-state index contributed by atoms with van der Waals surface area (Å²) in [6.45, 7) is 2.49. The molecule has 6 heteroatoms. The van der Waals surface area contributed by atoms with Crippen LogP contribution in [0.1, 0.15) is 11.8 Å². The Kier molecular flexibility index (Phi) is 3.67. The van der Waals surface area contributed by atoms with Gasteiger partial charge in [0.25, 0.3) is 5.91 Å². The lowest BCUT2D eigenvalue weighted by Crippen LogP contribution is -2.34. The van der Waals surface area contributed by atoms with Crippen molar-refractivity contribution in [2.75, 3.05) is 10.6 Å². The minimum atomic E-state index is -0.440. The summed E-state index contributed by atoms with van der Waals surface area (Å²) in [5.41, 5.74) is 1.66. The highest BCUT2D eigenvalue weighted by Gasteiger charge is 2.23. The highest BCUT2D eigenvalue weighted by molar-refractivity contribution is 9.10. The van der Waals surface area contributed by atoms with Gasteiger partial charge in [-0.05, 0) is 47.1 Å². The Balaban J connectivity index is 1.72. The average molecular weight is 353 g/mol. The van der Waals surface area contributed by atoms with E-state index >= 15 is 0 Å². The van der Waals surface area contributed by atoms with Crippen LogP contribution in [0.15, 0.2) is 34.1 Å². The number of thiophene rings is 1. The number of halogens is 1. The van der Waals surface area contributed by atoms with E-state index in [1.54, 1.807) is 18.3 Å². The fraction of sp³-hybridized carbons (Fsp3) is 0.214. The van der Waals surface area contributed by atoms with Crippen molar-refractivity contribution < 1.29 is 9.53 Å². The molecule has 1 aromatic carbocycles. The number of rotatable bonds is 3. The maximum absolute atomic E-state index is 11.6. The molecule has 0 radical (unpaired) electrons. The number of anilines is 2. The van der Waals surface area contributed by atoms with E-state index in [0.29, 0.717) is 11.4 Å². The first-order chi connectivity index (χ1) is 9.61. The summed E-state index contributed by atoms with van der Waals surface area (Å²) >= 11 is 5.13. The summed E-state index contributed by atoms with van der Waals surface area (Å²) in [5, 5.41) is 8.23. The molecule has 1 aliphatic heterocycles. The molecule has 20 heavy (non-hydrogen) atoms. The van der Waals surface area contributed by atoms with Gasteiger partial charge in [0.15, 0.2) is 6.10 Å². The fourth-order valence-corrected chi connectivity index (χ4v) is 3.35. The second-order valence-corrected chi connectivity index (χ2v) is 6.46. The number of amides is 1.